The summed E-state index contributed by atoms with van der Waals surface area (Å²) in [5.74, 6) is 0.553. The van der Waals surface area contributed by atoms with Gasteiger partial charge < -0.3 is 9.64 Å². The second-order valence-corrected chi connectivity index (χ2v) is 7.39. The molecule has 3 aromatic rings. The normalized spacial score (nSPS) is 14.0. The summed E-state index contributed by atoms with van der Waals surface area (Å²) in [7, 11) is 0. The lowest BCUT2D eigenvalue weighted by Crippen LogP contribution is -2.26. The van der Waals surface area contributed by atoms with E-state index >= 15 is 0 Å². The van der Waals surface area contributed by atoms with Crippen molar-refractivity contribution in [3.63, 3.8) is 0 Å². The summed E-state index contributed by atoms with van der Waals surface area (Å²) in [5, 5.41) is 2.42. The van der Waals surface area contributed by atoms with Crippen molar-refractivity contribution in [2.75, 3.05) is 11.4 Å². The Labute approximate surface area is 168 Å². The van der Waals surface area contributed by atoms with E-state index in [0.717, 1.165) is 28.4 Å². The van der Waals surface area contributed by atoms with Gasteiger partial charge in [-0.2, -0.15) is 0 Å². The molecule has 0 saturated carbocycles. The number of carbonyl (C=O) groups excluding carboxylic acids is 2. The van der Waals surface area contributed by atoms with Crippen molar-refractivity contribution in [2.45, 2.75) is 26.4 Å². The molecule has 1 aliphatic heterocycles. The van der Waals surface area contributed by atoms with E-state index in [1.54, 1.807) is 36.9 Å². The van der Waals surface area contributed by atoms with Crippen LogP contribution in [0.5, 0.6) is 5.75 Å². The van der Waals surface area contributed by atoms with Gasteiger partial charge in [-0.1, -0.05) is 35.9 Å². The molecular formula is C23H20ClNO3. The van der Waals surface area contributed by atoms with E-state index in [2.05, 4.69) is 0 Å². The van der Waals surface area contributed by atoms with Crippen LogP contribution in [0.2, 0.25) is 5.02 Å². The second kappa shape index (κ2) is 7.28. The molecule has 4 nitrogen and oxygen atoms in total. The van der Waals surface area contributed by atoms with Crippen LogP contribution in [0.25, 0.3) is 10.8 Å². The first-order chi connectivity index (χ1) is 13.5. The lowest BCUT2D eigenvalue weighted by atomic mass is 10.0. The Morgan fingerprint density at radius 1 is 1.07 bits per heavy atom. The van der Waals surface area contributed by atoms with Crippen LogP contribution in [-0.2, 0) is 11.2 Å². The summed E-state index contributed by atoms with van der Waals surface area (Å²) in [6.45, 7) is 3.96. The summed E-state index contributed by atoms with van der Waals surface area (Å²) in [6.07, 6.45) is 0.112. The fourth-order valence-electron chi connectivity index (χ4n) is 3.70. The highest BCUT2D eigenvalue weighted by Gasteiger charge is 2.25. The van der Waals surface area contributed by atoms with Crippen molar-refractivity contribution in [3.05, 3.63) is 70.7 Å². The molecule has 1 amide bonds. The number of ketones is 1. The standard InChI is InChI=1S/C23H20ClNO3/c1-14(28-22-10-8-20(24)18-5-3-4-6-19(18)22)23(27)17-7-9-21-16(13-17)11-12-25(21)15(2)26/h3-10,13-14H,11-12H2,1-2H3. The highest BCUT2D eigenvalue weighted by molar-refractivity contribution is 6.35. The van der Waals surface area contributed by atoms with Crippen molar-refractivity contribution in [1.29, 1.82) is 0 Å². The van der Waals surface area contributed by atoms with E-state index in [-0.39, 0.29) is 11.7 Å². The van der Waals surface area contributed by atoms with Gasteiger partial charge in [0, 0.05) is 40.5 Å². The SMILES string of the molecule is CC(=O)N1CCc2cc(C(=O)C(C)Oc3ccc(Cl)c4ccccc34)ccc21. The zero-order valence-corrected chi connectivity index (χ0v) is 16.5. The summed E-state index contributed by atoms with van der Waals surface area (Å²) in [6, 6.07) is 16.8. The lowest BCUT2D eigenvalue weighted by Gasteiger charge is -2.17. The van der Waals surface area contributed by atoms with Gasteiger partial charge in [0.25, 0.3) is 0 Å². The average molecular weight is 394 g/mol. The van der Waals surface area contributed by atoms with E-state index < -0.39 is 6.10 Å². The number of carbonyl (C=O) groups is 2. The number of fused-ring (bicyclic) bond motifs is 2. The molecule has 0 bridgehead atoms. The number of benzene rings is 3. The molecule has 1 aliphatic rings. The van der Waals surface area contributed by atoms with Gasteiger partial charge in [0.15, 0.2) is 6.10 Å². The minimum absolute atomic E-state index is 0.0177. The van der Waals surface area contributed by atoms with Crippen LogP contribution in [0.15, 0.2) is 54.6 Å². The van der Waals surface area contributed by atoms with Crippen LogP contribution in [-0.4, -0.2) is 24.3 Å². The van der Waals surface area contributed by atoms with Gasteiger partial charge in [-0.15, -0.1) is 0 Å². The summed E-state index contributed by atoms with van der Waals surface area (Å²) in [5.41, 5.74) is 2.50. The molecule has 0 spiro atoms. The van der Waals surface area contributed by atoms with Gasteiger partial charge in [0.1, 0.15) is 5.75 Å². The number of Topliss-reactive ketones (excluding diaryl/α,β-unsaturated/α-hetero) is 1. The smallest absolute Gasteiger partial charge is 0.223 e. The van der Waals surface area contributed by atoms with Gasteiger partial charge in [0.2, 0.25) is 11.7 Å². The molecule has 3 aromatic carbocycles. The maximum absolute atomic E-state index is 12.9. The molecular weight excluding hydrogens is 374 g/mol. The number of hydrogen-bond acceptors (Lipinski definition) is 3. The number of anilines is 1. The van der Waals surface area contributed by atoms with Gasteiger partial charge in [-0.3, -0.25) is 9.59 Å². The lowest BCUT2D eigenvalue weighted by molar-refractivity contribution is -0.116. The molecule has 0 aromatic heterocycles. The van der Waals surface area contributed by atoms with Gasteiger partial charge >= 0.3 is 0 Å². The summed E-state index contributed by atoms with van der Waals surface area (Å²) >= 11 is 6.26. The van der Waals surface area contributed by atoms with Crippen molar-refractivity contribution >= 4 is 39.8 Å². The largest absolute Gasteiger partial charge is 0.482 e. The number of ether oxygens (including phenoxy) is 1. The topological polar surface area (TPSA) is 46.6 Å². The highest BCUT2D eigenvalue weighted by Crippen LogP contribution is 2.33. The zero-order chi connectivity index (χ0) is 19.8. The maximum atomic E-state index is 12.9. The van der Waals surface area contributed by atoms with Crippen LogP contribution in [0.1, 0.15) is 29.8 Å². The number of hydrogen-bond donors (Lipinski definition) is 0. The van der Waals surface area contributed by atoms with Crippen molar-refractivity contribution in [3.8, 4) is 5.75 Å². The van der Waals surface area contributed by atoms with Crippen molar-refractivity contribution < 1.29 is 14.3 Å². The van der Waals surface area contributed by atoms with Crippen molar-refractivity contribution in [2.24, 2.45) is 0 Å². The van der Waals surface area contributed by atoms with Gasteiger partial charge in [0.05, 0.1) is 0 Å². The molecule has 1 unspecified atom stereocenters. The van der Waals surface area contributed by atoms with E-state index in [4.69, 9.17) is 16.3 Å². The van der Waals surface area contributed by atoms with Crippen molar-refractivity contribution in [1.82, 2.24) is 0 Å². The Morgan fingerprint density at radius 3 is 2.57 bits per heavy atom. The molecule has 5 heteroatoms. The predicted octanol–water partition coefficient (Wildman–Crippen LogP) is 5.05. The van der Waals surface area contributed by atoms with E-state index in [1.165, 1.54) is 0 Å². The number of amides is 1. The minimum atomic E-state index is -0.645. The third-order valence-corrected chi connectivity index (χ3v) is 5.47. The van der Waals surface area contributed by atoms with Crippen LogP contribution in [0, 0.1) is 0 Å². The quantitative estimate of drug-likeness (QED) is 0.582. The third-order valence-electron chi connectivity index (χ3n) is 5.14. The fraction of sp³-hybridized carbons (Fsp3) is 0.217. The summed E-state index contributed by atoms with van der Waals surface area (Å²) < 4.78 is 6.00. The Balaban J connectivity index is 1.58. The Hall–Kier alpha value is -2.85. The van der Waals surface area contributed by atoms with E-state index in [0.29, 0.717) is 22.9 Å². The second-order valence-electron chi connectivity index (χ2n) is 6.98. The Kier molecular flexibility index (Phi) is 4.82. The maximum Gasteiger partial charge on any atom is 0.223 e. The average Bonchev–Trinajstić information content (AvgIpc) is 3.13. The molecule has 1 atom stereocenters. The molecule has 0 N–H and O–H groups in total. The van der Waals surface area contributed by atoms with E-state index in [1.807, 2.05) is 36.4 Å². The first-order valence-corrected chi connectivity index (χ1v) is 9.62. The minimum Gasteiger partial charge on any atom is -0.482 e. The first-order valence-electron chi connectivity index (χ1n) is 9.25. The number of nitrogens with zero attached hydrogens (tertiary/aromatic N) is 1. The molecule has 1 heterocycles. The monoisotopic (exact) mass is 393 g/mol. The van der Waals surface area contributed by atoms with Crippen LogP contribution in [0.3, 0.4) is 0 Å². The highest BCUT2D eigenvalue weighted by atomic mass is 35.5. The van der Waals surface area contributed by atoms with Crippen LogP contribution < -0.4 is 9.64 Å². The summed E-state index contributed by atoms with van der Waals surface area (Å²) in [4.78, 5) is 26.4. The molecule has 28 heavy (non-hydrogen) atoms. The van der Waals surface area contributed by atoms with E-state index in [9.17, 15) is 9.59 Å². The molecule has 142 valence electrons. The number of rotatable bonds is 4. The predicted molar refractivity (Wildman–Crippen MR) is 112 cm³/mol. The molecule has 0 radical (unpaired) electrons. The fourth-order valence-corrected chi connectivity index (χ4v) is 3.93. The third kappa shape index (κ3) is 3.25. The zero-order valence-electron chi connectivity index (χ0n) is 15.7. The molecule has 0 saturated heterocycles. The van der Waals surface area contributed by atoms with Crippen LogP contribution >= 0.6 is 11.6 Å². The molecule has 0 aliphatic carbocycles. The molecule has 4 rings (SSSR count). The van der Waals surface area contributed by atoms with Gasteiger partial charge in [-0.25, -0.2) is 0 Å². The number of halogens is 1. The first kappa shape index (κ1) is 18.5. The Bertz CT molecular complexity index is 1090. The van der Waals surface area contributed by atoms with Gasteiger partial charge in [-0.05, 0) is 49.2 Å². The Morgan fingerprint density at radius 2 is 1.82 bits per heavy atom. The van der Waals surface area contributed by atoms with Crippen LogP contribution in [0.4, 0.5) is 5.69 Å². The molecule has 0 fully saturated rings.